The predicted molar refractivity (Wildman–Crippen MR) is 88.0 cm³/mol. The van der Waals surface area contributed by atoms with Crippen molar-refractivity contribution in [1.29, 1.82) is 0 Å². The van der Waals surface area contributed by atoms with Crippen molar-refractivity contribution < 1.29 is 4.79 Å². The first-order valence-electron chi connectivity index (χ1n) is 7.92. The number of benzene rings is 1. The molecule has 112 valence electrons. The molecule has 1 aromatic carbocycles. The minimum absolute atomic E-state index is 0.00805. The van der Waals surface area contributed by atoms with E-state index in [-0.39, 0.29) is 5.91 Å². The monoisotopic (exact) mass is 293 g/mol. The van der Waals surface area contributed by atoms with Gasteiger partial charge in [0.25, 0.3) is 5.91 Å². The number of nitrogens with one attached hydrogen (secondary N) is 2. The lowest BCUT2D eigenvalue weighted by Crippen LogP contribution is -2.26. The van der Waals surface area contributed by atoms with Gasteiger partial charge in [-0.3, -0.25) is 4.79 Å². The highest BCUT2D eigenvalue weighted by Gasteiger charge is 2.25. The van der Waals surface area contributed by atoms with Gasteiger partial charge in [0.15, 0.2) is 0 Å². The molecule has 1 saturated carbocycles. The molecule has 4 rings (SSSR count). The maximum absolute atomic E-state index is 12.5. The number of anilines is 1. The van der Waals surface area contributed by atoms with Crippen molar-refractivity contribution in [2.24, 2.45) is 0 Å². The molecule has 2 aromatic rings. The summed E-state index contributed by atoms with van der Waals surface area (Å²) in [5.74, 6) is 0.794. The van der Waals surface area contributed by atoms with E-state index in [0.29, 0.717) is 17.6 Å². The van der Waals surface area contributed by atoms with E-state index < -0.39 is 0 Å². The van der Waals surface area contributed by atoms with E-state index in [1.165, 1.54) is 0 Å². The standard InChI is InChI=1S/C18H19N3O/c22-18(20-13-9-10-13)15-11-17(19-12-5-1-2-6-12)21-16-8-4-3-7-14(15)16/h1-4,7-8,11-13H,5-6,9-10H2,(H,19,21)(H,20,22). The third kappa shape index (κ3) is 2.69. The van der Waals surface area contributed by atoms with Gasteiger partial charge in [0.1, 0.15) is 5.82 Å². The molecule has 1 fully saturated rings. The van der Waals surface area contributed by atoms with Gasteiger partial charge in [0.05, 0.1) is 11.1 Å². The number of hydrogen-bond donors (Lipinski definition) is 2. The van der Waals surface area contributed by atoms with Crippen molar-refractivity contribution in [3.8, 4) is 0 Å². The summed E-state index contributed by atoms with van der Waals surface area (Å²) in [6.45, 7) is 0. The minimum atomic E-state index is 0.00805. The molecule has 0 saturated heterocycles. The van der Waals surface area contributed by atoms with Crippen molar-refractivity contribution in [3.05, 3.63) is 48.0 Å². The number of fused-ring (bicyclic) bond motifs is 1. The van der Waals surface area contributed by atoms with E-state index >= 15 is 0 Å². The highest BCUT2D eigenvalue weighted by atomic mass is 16.1. The smallest absolute Gasteiger partial charge is 0.252 e. The fourth-order valence-corrected chi connectivity index (χ4v) is 2.87. The predicted octanol–water partition coefficient (Wildman–Crippen LogP) is 3.26. The van der Waals surface area contributed by atoms with Gasteiger partial charge in [-0.2, -0.15) is 0 Å². The molecule has 0 atom stereocenters. The first-order chi connectivity index (χ1) is 10.8. The topological polar surface area (TPSA) is 54.0 Å². The lowest BCUT2D eigenvalue weighted by molar-refractivity contribution is 0.0952. The number of rotatable bonds is 4. The Morgan fingerprint density at radius 3 is 2.64 bits per heavy atom. The molecule has 0 aliphatic heterocycles. The normalized spacial score (nSPS) is 17.8. The number of amides is 1. The number of carbonyl (C=O) groups is 1. The van der Waals surface area contributed by atoms with Crippen LogP contribution in [-0.2, 0) is 0 Å². The second kappa shape index (κ2) is 5.44. The van der Waals surface area contributed by atoms with Crippen LogP contribution in [0.4, 0.5) is 5.82 Å². The largest absolute Gasteiger partial charge is 0.367 e. The molecule has 1 aromatic heterocycles. The lowest BCUT2D eigenvalue weighted by atomic mass is 10.1. The number of nitrogens with zero attached hydrogens (tertiary/aromatic N) is 1. The van der Waals surface area contributed by atoms with Gasteiger partial charge in [-0.15, -0.1) is 0 Å². The van der Waals surface area contributed by atoms with E-state index in [4.69, 9.17) is 0 Å². The minimum Gasteiger partial charge on any atom is -0.367 e. The Hall–Kier alpha value is -2.36. The Bertz CT molecular complexity index is 741. The second-order valence-corrected chi connectivity index (χ2v) is 6.10. The van der Waals surface area contributed by atoms with Crippen LogP contribution >= 0.6 is 0 Å². The summed E-state index contributed by atoms with van der Waals surface area (Å²) in [5, 5.41) is 7.43. The molecule has 4 nitrogen and oxygen atoms in total. The number of para-hydroxylation sites is 1. The molecule has 1 amide bonds. The van der Waals surface area contributed by atoms with Crippen LogP contribution in [-0.4, -0.2) is 23.0 Å². The second-order valence-electron chi connectivity index (χ2n) is 6.10. The van der Waals surface area contributed by atoms with Gasteiger partial charge in [0, 0.05) is 17.5 Å². The molecule has 2 aliphatic rings. The van der Waals surface area contributed by atoms with Crippen LogP contribution in [0, 0.1) is 0 Å². The Kier molecular flexibility index (Phi) is 3.29. The Labute approximate surface area is 129 Å². The summed E-state index contributed by atoms with van der Waals surface area (Å²) in [4.78, 5) is 17.2. The third-order valence-corrected chi connectivity index (χ3v) is 4.23. The zero-order valence-electron chi connectivity index (χ0n) is 12.4. The van der Waals surface area contributed by atoms with E-state index in [2.05, 4.69) is 27.8 Å². The SMILES string of the molecule is O=C(NC1CC1)c1cc(NC2CC=CC2)nc2ccccc12. The molecule has 4 heteroatoms. The lowest BCUT2D eigenvalue weighted by Gasteiger charge is -2.15. The molecule has 0 unspecified atom stereocenters. The zero-order chi connectivity index (χ0) is 14.9. The Balaban J connectivity index is 1.69. The fraction of sp³-hybridized carbons (Fsp3) is 0.333. The zero-order valence-corrected chi connectivity index (χ0v) is 12.4. The molecule has 2 aliphatic carbocycles. The maximum atomic E-state index is 12.5. The van der Waals surface area contributed by atoms with E-state index in [9.17, 15) is 4.79 Å². The number of carbonyl (C=O) groups excluding carboxylic acids is 1. The van der Waals surface area contributed by atoms with Crippen LogP contribution in [0.25, 0.3) is 10.9 Å². The quantitative estimate of drug-likeness (QED) is 0.851. The van der Waals surface area contributed by atoms with Crippen molar-refractivity contribution in [2.75, 3.05) is 5.32 Å². The van der Waals surface area contributed by atoms with E-state index in [1.54, 1.807) is 0 Å². The highest BCUT2D eigenvalue weighted by Crippen LogP contribution is 2.25. The van der Waals surface area contributed by atoms with Gasteiger partial charge < -0.3 is 10.6 Å². The molecule has 22 heavy (non-hydrogen) atoms. The van der Waals surface area contributed by atoms with Gasteiger partial charge in [-0.05, 0) is 37.8 Å². The number of aromatic nitrogens is 1. The van der Waals surface area contributed by atoms with Crippen LogP contribution in [0.2, 0.25) is 0 Å². The molecule has 2 N–H and O–H groups in total. The van der Waals surface area contributed by atoms with E-state index in [1.807, 2.05) is 30.3 Å². The van der Waals surface area contributed by atoms with Crippen molar-refractivity contribution in [3.63, 3.8) is 0 Å². The summed E-state index contributed by atoms with van der Waals surface area (Å²) in [6.07, 6.45) is 8.57. The van der Waals surface area contributed by atoms with Crippen LogP contribution in [0.1, 0.15) is 36.0 Å². The van der Waals surface area contributed by atoms with E-state index in [0.717, 1.165) is 42.4 Å². The molecule has 0 bridgehead atoms. The molecule has 1 heterocycles. The average Bonchev–Trinajstić information content (AvgIpc) is 3.20. The molecule has 0 radical (unpaired) electrons. The molecular formula is C18H19N3O. The molecule has 0 spiro atoms. The first kappa shape index (κ1) is 13.3. The maximum Gasteiger partial charge on any atom is 0.252 e. The third-order valence-electron chi connectivity index (χ3n) is 4.23. The fourth-order valence-electron chi connectivity index (χ4n) is 2.87. The van der Waals surface area contributed by atoms with Crippen LogP contribution in [0.5, 0.6) is 0 Å². The van der Waals surface area contributed by atoms with Crippen LogP contribution in [0.15, 0.2) is 42.5 Å². The van der Waals surface area contributed by atoms with Crippen molar-refractivity contribution in [1.82, 2.24) is 10.3 Å². The van der Waals surface area contributed by atoms with Crippen LogP contribution in [0.3, 0.4) is 0 Å². The average molecular weight is 293 g/mol. The van der Waals surface area contributed by atoms with Crippen molar-refractivity contribution >= 4 is 22.6 Å². The first-order valence-corrected chi connectivity index (χ1v) is 7.92. The summed E-state index contributed by atoms with van der Waals surface area (Å²) in [5.41, 5.74) is 1.57. The summed E-state index contributed by atoms with van der Waals surface area (Å²) < 4.78 is 0. The number of pyridine rings is 1. The Morgan fingerprint density at radius 1 is 1.09 bits per heavy atom. The highest BCUT2D eigenvalue weighted by molar-refractivity contribution is 6.07. The molecular weight excluding hydrogens is 274 g/mol. The van der Waals surface area contributed by atoms with Gasteiger partial charge in [-0.1, -0.05) is 30.4 Å². The van der Waals surface area contributed by atoms with Gasteiger partial charge >= 0.3 is 0 Å². The summed E-state index contributed by atoms with van der Waals surface area (Å²) in [6, 6.07) is 10.5. The number of hydrogen-bond acceptors (Lipinski definition) is 3. The summed E-state index contributed by atoms with van der Waals surface area (Å²) in [7, 11) is 0. The van der Waals surface area contributed by atoms with Crippen LogP contribution < -0.4 is 10.6 Å². The van der Waals surface area contributed by atoms with Gasteiger partial charge in [-0.25, -0.2) is 4.98 Å². The van der Waals surface area contributed by atoms with Gasteiger partial charge in [0.2, 0.25) is 0 Å². The summed E-state index contributed by atoms with van der Waals surface area (Å²) >= 11 is 0. The van der Waals surface area contributed by atoms with Crippen molar-refractivity contribution in [2.45, 2.75) is 37.8 Å². The Morgan fingerprint density at radius 2 is 1.86 bits per heavy atom.